The SMILES string of the molecule is COC(=O)C[C@H]1CC[C@H](c2ccc(-c3ccc4c(c3)CCN4)cc2)CC1. The van der Waals surface area contributed by atoms with Crippen LogP contribution in [0.5, 0.6) is 0 Å². The van der Waals surface area contributed by atoms with Crippen molar-refractivity contribution in [2.75, 3.05) is 19.0 Å². The van der Waals surface area contributed by atoms with Gasteiger partial charge in [-0.25, -0.2) is 0 Å². The first-order valence-electron chi connectivity index (χ1n) is 9.77. The van der Waals surface area contributed by atoms with Crippen molar-refractivity contribution in [3.05, 3.63) is 53.6 Å². The Kier molecular flexibility index (Phi) is 4.96. The summed E-state index contributed by atoms with van der Waals surface area (Å²) in [6, 6.07) is 15.9. The van der Waals surface area contributed by atoms with Gasteiger partial charge in [0.05, 0.1) is 7.11 Å². The Labute approximate surface area is 155 Å². The second-order valence-corrected chi connectivity index (χ2v) is 7.67. The zero-order chi connectivity index (χ0) is 17.9. The molecule has 2 aromatic carbocycles. The van der Waals surface area contributed by atoms with Crippen LogP contribution >= 0.6 is 0 Å². The van der Waals surface area contributed by atoms with Gasteiger partial charge in [-0.15, -0.1) is 0 Å². The van der Waals surface area contributed by atoms with Gasteiger partial charge in [0.2, 0.25) is 0 Å². The van der Waals surface area contributed by atoms with Crippen molar-refractivity contribution in [3.8, 4) is 11.1 Å². The summed E-state index contributed by atoms with van der Waals surface area (Å²) in [5.41, 5.74) is 6.75. The number of anilines is 1. The van der Waals surface area contributed by atoms with E-state index < -0.39 is 0 Å². The van der Waals surface area contributed by atoms with E-state index in [1.807, 2.05) is 0 Å². The molecular weight excluding hydrogens is 322 g/mol. The van der Waals surface area contributed by atoms with E-state index >= 15 is 0 Å². The van der Waals surface area contributed by atoms with E-state index in [0.717, 1.165) is 25.8 Å². The van der Waals surface area contributed by atoms with E-state index in [9.17, 15) is 4.79 Å². The summed E-state index contributed by atoms with van der Waals surface area (Å²) < 4.78 is 4.80. The summed E-state index contributed by atoms with van der Waals surface area (Å²) in [7, 11) is 1.48. The molecule has 1 aliphatic carbocycles. The number of ether oxygens (including phenoxy) is 1. The van der Waals surface area contributed by atoms with Crippen molar-refractivity contribution >= 4 is 11.7 Å². The van der Waals surface area contributed by atoms with Gasteiger partial charge in [-0.05, 0) is 78.3 Å². The first-order valence-corrected chi connectivity index (χ1v) is 9.77. The van der Waals surface area contributed by atoms with E-state index in [1.54, 1.807) is 0 Å². The third kappa shape index (κ3) is 3.62. The van der Waals surface area contributed by atoms with E-state index in [4.69, 9.17) is 4.74 Å². The van der Waals surface area contributed by atoms with Crippen LogP contribution in [0.3, 0.4) is 0 Å². The molecule has 3 nitrogen and oxygen atoms in total. The highest BCUT2D eigenvalue weighted by atomic mass is 16.5. The van der Waals surface area contributed by atoms with Gasteiger partial charge in [0.25, 0.3) is 0 Å². The molecule has 2 aliphatic rings. The largest absolute Gasteiger partial charge is 0.469 e. The lowest BCUT2D eigenvalue weighted by Gasteiger charge is -2.28. The molecule has 1 N–H and O–H groups in total. The van der Waals surface area contributed by atoms with Crippen molar-refractivity contribution in [1.29, 1.82) is 0 Å². The summed E-state index contributed by atoms with van der Waals surface area (Å²) in [5.74, 6) is 1.06. The minimum atomic E-state index is -0.0673. The van der Waals surface area contributed by atoms with Crippen LogP contribution in [0.15, 0.2) is 42.5 Å². The number of hydrogen-bond acceptors (Lipinski definition) is 3. The van der Waals surface area contributed by atoms with Crippen LogP contribution in [0.2, 0.25) is 0 Å². The molecule has 0 saturated heterocycles. The molecule has 0 bridgehead atoms. The normalized spacial score (nSPS) is 21.7. The number of hydrogen-bond donors (Lipinski definition) is 1. The van der Waals surface area contributed by atoms with Crippen LogP contribution in [0.1, 0.15) is 49.1 Å². The van der Waals surface area contributed by atoms with Crippen LogP contribution in [0, 0.1) is 5.92 Å². The molecule has 4 rings (SSSR count). The highest BCUT2D eigenvalue weighted by Crippen LogP contribution is 2.38. The quantitative estimate of drug-likeness (QED) is 0.775. The van der Waals surface area contributed by atoms with E-state index in [-0.39, 0.29) is 5.97 Å². The first kappa shape index (κ1) is 17.1. The highest BCUT2D eigenvalue weighted by Gasteiger charge is 2.24. The summed E-state index contributed by atoms with van der Waals surface area (Å²) >= 11 is 0. The molecule has 1 saturated carbocycles. The molecule has 136 valence electrons. The average molecular weight is 349 g/mol. The molecule has 0 spiro atoms. The van der Waals surface area contributed by atoms with Crippen molar-refractivity contribution in [2.24, 2.45) is 5.92 Å². The lowest BCUT2D eigenvalue weighted by molar-refractivity contribution is -0.142. The van der Waals surface area contributed by atoms with Crippen LogP contribution < -0.4 is 5.32 Å². The van der Waals surface area contributed by atoms with Crippen LogP contribution in [-0.2, 0) is 16.0 Å². The van der Waals surface area contributed by atoms with Gasteiger partial charge in [0.1, 0.15) is 0 Å². The zero-order valence-electron chi connectivity index (χ0n) is 15.5. The van der Waals surface area contributed by atoms with Gasteiger partial charge in [-0.2, -0.15) is 0 Å². The van der Waals surface area contributed by atoms with Crippen LogP contribution in [0.25, 0.3) is 11.1 Å². The fraction of sp³-hybridized carbons (Fsp3) is 0.435. The standard InChI is InChI=1S/C23H27NO2/c1-26-23(25)14-16-2-4-17(5-3-16)18-6-8-19(9-7-18)20-10-11-22-21(15-20)12-13-24-22/h6-11,15-17,24H,2-5,12-14H2,1H3/t16-,17-. The van der Waals surface area contributed by atoms with Gasteiger partial charge in [-0.1, -0.05) is 30.3 Å². The van der Waals surface area contributed by atoms with Crippen molar-refractivity contribution in [2.45, 2.75) is 44.4 Å². The highest BCUT2D eigenvalue weighted by molar-refractivity contribution is 5.70. The van der Waals surface area contributed by atoms with Gasteiger partial charge in [0.15, 0.2) is 0 Å². The van der Waals surface area contributed by atoms with Gasteiger partial charge in [0, 0.05) is 18.7 Å². The Bertz CT molecular complexity index is 773. The number of carbonyl (C=O) groups is 1. The number of esters is 1. The summed E-state index contributed by atoms with van der Waals surface area (Å²) in [5, 5.41) is 3.42. The van der Waals surface area contributed by atoms with Crippen molar-refractivity contribution in [3.63, 3.8) is 0 Å². The van der Waals surface area contributed by atoms with Gasteiger partial charge < -0.3 is 10.1 Å². The lowest BCUT2D eigenvalue weighted by atomic mass is 9.77. The molecule has 1 heterocycles. The molecule has 0 radical (unpaired) electrons. The average Bonchev–Trinajstić information content (AvgIpc) is 3.16. The maximum absolute atomic E-state index is 11.4. The lowest BCUT2D eigenvalue weighted by Crippen LogP contribution is -2.17. The predicted molar refractivity (Wildman–Crippen MR) is 105 cm³/mol. The maximum atomic E-state index is 11.4. The fourth-order valence-corrected chi connectivity index (χ4v) is 4.45. The molecular formula is C23H27NO2. The molecule has 3 heteroatoms. The maximum Gasteiger partial charge on any atom is 0.305 e. The molecule has 0 atom stereocenters. The zero-order valence-corrected chi connectivity index (χ0v) is 15.5. The Morgan fingerprint density at radius 2 is 1.77 bits per heavy atom. The Morgan fingerprint density at radius 1 is 1.04 bits per heavy atom. The number of rotatable bonds is 4. The monoisotopic (exact) mass is 349 g/mol. The summed E-state index contributed by atoms with van der Waals surface area (Å²) in [6.45, 7) is 1.05. The number of nitrogens with one attached hydrogen (secondary N) is 1. The third-order valence-electron chi connectivity index (χ3n) is 6.06. The predicted octanol–water partition coefficient (Wildman–Crippen LogP) is 5.16. The second kappa shape index (κ2) is 7.53. The molecule has 0 aromatic heterocycles. The topological polar surface area (TPSA) is 38.3 Å². The minimum Gasteiger partial charge on any atom is -0.469 e. The summed E-state index contributed by atoms with van der Waals surface area (Å²) in [6.07, 6.45) is 6.29. The number of carbonyl (C=O) groups excluding carboxylic acids is 1. The third-order valence-corrected chi connectivity index (χ3v) is 6.06. The Balaban J connectivity index is 1.40. The minimum absolute atomic E-state index is 0.0673. The smallest absolute Gasteiger partial charge is 0.305 e. The molecule has 0 amide bonds. The van der Waals surface area contributed by atoms with Gasteiger partial charge >= 0.3 is 5.97 Å². The molecule has 26 heavy (non-hydrogen) atoms. The fourth-order valence-electron chi connectivity index (χ4n) is 4.45. The first-order chi connectivity index (χ1) is 12.7. The number of methoxy groups -OCH3 is 1. The second-order valence-electron chi connectivity index (χ2n) is 7.67. The van der Waals surface area contributed by atoms with Crippen molar-refractivity contribution < 1.29 is 9.53 Å². The molecule has 0 unspecified atom stereocenters. The van der Waals surface area contributed by atoms with E-state index in [0.29, 0.717) is 18.3 Å². The number of benzene rings is 2. The van der Waals surface area contributed by atoms with E-state index in [2.05, 4.69) is 47.8 Å². The van der Waals surface area contributed by atoms with E-state index in [1.165, 1.54) is 47.9 Å². The number of fused-ring (bicyclic) bond motifs is 1. The van der Waals surface area contributed by atoms with Crippen LogP contribution in [0.4, 0.5) is 5.69 Å². The summed E-state index contributed by atoms with van der Waals surface area (Å²) in [4.78, 5) is 11.4. The molecule has 1 aliphatic heterocycles. The van der Waals surface area contributed by atoms with Crippen molar-refractivity contribution in [1.82, 2.24) is 0 Å². The molecule has 2 aromatic rings. The Morgan fingerprint density at radius 3 is 2.50 bits per heavy atom. The van der Waals surface area contributed by atoms with Crippen LogP contribution in [-0.4, -0.2) is 19.6 Å². The Hall–Kier alpha value is -2.29. The van der Waals surface area contributed by atoms with Gasteiger partial charge in [-0.3, -0.25) is 4.79 Å². The molecule has 1 fully saturated rings.